The Bertz CT molecular complexity index is 651. The number of amides is 1. The third kappa shape index (κ3) is 5.22. The molecule has 2 aromatic carbocycles. The molecule has 0 heterocycles. The summed E-state index contributed by atoms with van der Waals surface area (Å²) in [4.78, 5) is 21.8. The molecule has 0 radical (unpaired) electrons. The topological polar surface area (TPSA) is 66.4 Å². The highest BCUT2D eigenvalue weighted by Crippen LogP contribution is 2.14. The zero-order valence-electron chi connectivity index (χ0n) is 11.9. The van der Waals surface area contributed by atoms with Gasteiger partial charge in [-0.2, -0.15) is 0 Å². The van der Waals surface area contributed by atoms with Crippen LogP contribution in [-0.4, -0.2) is 17.0 Å². The van der Waals surface area contributed by atoms with E-state index in [0.717, 1.165) is 23.4 Å². The predicted octanol–water partition coefficient (Wildman–Crippen LogP) is 3.54. The summed E-state index contributed by atoms with van der Waals surface area (Å²) in [6.45, 7) is 0. The Morgan fingerprint density at radius 1 is 0.909 bits per heavy atom. The Morgan fingerprint density at radius 2 is 1.41 bits per heavy atom. The summed E-state index contributed by atoms with van der Waals surface area (Å²) in [6, 6.07) is 15.1. The molecule has 0 aromatic heterocycles. The van der Waals surface area contributed by atoms with Crippen LogP contribution in [0.5, 0.6) is 0 Å². The number of carboxylic acid groups (broad SMARTS) is 1. The summed E-state index contributed by atoms with van der Waals surface area (Å²) in [7, 11) is 0. The molecule has 114 valence electrons. The van der Waals surface area contributed by atoms with E-state index in [1.165, 1.54) is 5.56 Å². The molecule has 5 heteroatoms. The molecule has 22 heavy (non-hydrogen) atoms. The van der Waals surface area contributed by atoms with Gasteiger partial charge in [0, 0.05) is 10.7 Å². The number of hydrogen-bond donors (Lipinski definition) is 2. The van der Waals surface area contributed by atoms with E-state index in [1.807, 2.05) is 36.4 Å². The number of nitrogens with one attached hydrogen (secondary N) is 1. The molecule has 0 spiro atoms. The fourth-order valence-electron chi connectivity index (χ4n) is 2.04. The van der Waals surface area contributed by atoms with Crippen LogP contribution >= 0.6 is 11.6 Å². The van der Waals surface area contributed by atoms with Crippen molar-refractivity contribution in [2.45, 2.75) is 19.3 Å². The summed E-state index contributed by atoms with van der Waals surface area (Å²) in [5.41, 5.74) is 2.95. The van der Waals surface area contributed by atoms with Gasteiger partial charge in [-0.15, -0.1) is 0 Å². The number of benzene rings is 2. The van der Waals surface area contributed by atoms with Crippen molar-refractivity contribution in [1.82, 2.24) is 0 Å². The molecular weight excluding hydrogens is 302 g/mol. The van der Waals surface area contributed by atoms with Crippen LogP contribution in [0.15, 0.2) is 48.5 Å². The molecule has 0 atom stereocenters. The molecule has 2 rings (SSSR count). The Labute approximate surface area is 133 Å². The van der Waals surface area contributed by atoms with Crippen molar-refractivity contribution in [3.05, 3.63) is 64.7 Å². The maximum Gasteiger partial charge on any atom is 0.312 e. The third-order valence-corrected chi connectivity index (χ3v) is 3.42. The molecule has 2 aromatic rings. The highest BCUT2D eigenvalue weighted by atomic mass is 35.5. The van der Waals surface area contributed by atoms with Crippen molar-refractivity contribution in [2.24, 2.45) is 0 Å². The highest BCUT2D eigenvalue weighted by molar-refractivity contribution is 6.30. The molecule has 0 fully saturated rings. The Hall–Kier alpha value is -2.33. The molecule has 0 aliphatic carbocycles. The molecule has 0 aliphatic rings. The first kappa shape index (κ1) is 16.0. The number of halogens is 1. The zero-order chi connectivity index (χ0) is 15.9. The molecule has 1 amide bonds. The Morgan fingerprint density at radius 3 is 1.91 bits per heavy atom. The van der Waals surface area contributed by atoms with E-state index in [2.05, 4.69) is 5.32 Å². The minimum Gasteiger partial charge on any atom is -0.481 e. The monoisotopic (exact) mass is 317 g/mol. The Balaban J connectivity index is 1.87. The first-order chi connectivity index (χ1) is 10.5. The molecule has 0 saturated heterocycles. The molecular formula is C17H16ClNO3. The largest absolute Gasteiger partial charge is 0.481 e. The first-order valence-corrected chi connectivity index (χ1v) is 7.26. The fraction of sp³-hybridized carbons (Fsp3) is 0.176. The minimum atomic E-state index is -1.14. The molecule has 2 N–H and O–H groups in total. The molecule has 0 bridgehead atoms. The van der Waals surface area contributed by atoms with E-state index in [-0.39, 0.29) is 0 Å². The molecule has 0 unspecified atom stereocenters. The second-order valence-corrected chi connectivity index (χ2v) is 5.38. The van der Waals surface area contributed by atoms with E-state index in [4.69, 9.17) is 16.7 Å². The molecule has 0 saturated carbocycles. The standard InChI is InChI=1S/C17H16ClNO3/c18-14-7-3-12(4-8-14)1-2-13-5-9-15(10-6-13)19-16(20)11-17(21)22/h3-10H,1-2,11H2,(H,19,20)(H,21,22). The van der Waals surface area contributed by atoms with Gasteiger partial charge in [0.2, 0.25) is 5.91 Å². The van der Waals surface area contributed by atoms with Crippen molar-refractivity contribution in [1.29, 1.82) is 0 Å². The van der Waals surface area contributed by atoms with Crippen LogP contribution in [-0.2, 0) is 22.4 Å². The molecule has 4 nitrogen and oxygen atoms in total. The lowest BCUT2D eigenvalue weighted by molar-refractivity contribution is -0.139. The van der Waals surface area contributed by atoms with E-state index in [0.29, 0.717) is 5.69 Å². The van der Waals surface area contributed by atoms with Gasteiger partial charge in [-0.05, 0) is 48.2 Å². The quantitative estimate of drug-likeness (QED) is 0.801. The number of carbonyl (C=O) groups is 2. The highest BCUT2D eigenvalue weighted by Gasteiger charge is 2.07. The van der Waals surface area contributed by atoms with Crippen LogP contribution in [0.1, 0.15) is 17.5 Å². The van der Waals surface area contributed by atoms with Crippen molar-refractivity contribution >= 4 is 29.2 Å². The number of rotatable bonds is 6. The third-order valence-electron chi connectivity index (χ3n) is 3.17. The maximum atomic E-state index is 11.3. The van der Waals surface area contributed by atoms with Crippen LogP contribution in [0, 0.1) is 0 Å². The van der Waals surface area contributed by atoms with E-state index in [1.54, 1.807) is 12.1 Å². The van der Waals surface area contributed by atoms with Gasteiger partial charge < -0.3 is 10.4 Å². The van der Waals surface area contributed by atoms with Crippen LogP contribution in [0.3, 0.4) is 0 Å². The second-order valence-electron chi connectivity index (χ2n) is 4.94. The summed E-state index contributed by atoms with van der Waals surface area (Å²) in [5.74, 6) is -1.67. The number of aliphatic carboxylic acids is 1. The van der Waals surface area contributed by atoms with Crippen LogP contribution in [0.25, 0.3) is 0 Å². The van der Waals surface area contributed by atoms with Gasteiger partial charge in [-0.3, -0.25) is 9.59 Å². The number of anilines is 1. The SMILES string of the molecule is O=C(O)CC(=O)Nc1ccc(CCc2ccc(Cl)cc2)cc1. The van der Waals surface area contributed by atoms with Crippen LogP contribution in [0.4, 0.5) is 5.69 Å². The Kier molecular flexibility index (Phi) is 5.55. The van der Waals surface area contributed by atoms with Crippen molar-refractivity contribution in [3.63, 3.8) is 0 Å². The molecule has 0 aliphatic heterocycles. The summed E-state index contributed by atoms with van der Waals surface area (Å²) >= 11 is 5.85. The van der Waals surface area contributed by atoms with Gasteiger partial charge in [-0.25, -0.2) is 0 Å². The number of carboxylic acids is 1. The van der Waals surface area contributed by atoms with Gasteiger partial charge in [0.05, 0.1) is 0 Å². The lowest BCUT2D eigenvalue weighted by Crippen LogP contribution is -2.15. The number of aryl methyl sites for hydroxylation is 2. The zero-order valence-corrected chi connectivity index (χ0v) is 12.6. The summed E-state index contributed by atoms with van der Waals surface area (Å²) in [5, 5.41) is 11.8. The number of carbonyl (C=O) groups excluding carboxylic acids is 1. The smallest absolute Gasteiger partial charge is 0.312 e. The normalized spacial score (nSPS) is 10.2. The van der Waals surface area contributed by atoms with Crippen LogP contribution < -0.4 is 5.32 Å². The van der Waals surface area contributed by atoms with Gasteiger partial charge in [0.25, 0.3) is 0 Å². The van der Waals surface area contributed by atoms with E-state index < -0.39 is 18.3 Å². The lowest BCUT2D eigenvalue weighted by Gasteiger charge is -2.06. The fourth-order valence-corrected chi connectivity index (χ4v) is 2.16. The van der Waals surface area contributed by atoms with E-state index in [9.17, 15) is 9.59 Å². The van der Waals surface area contributed by atoms with Gasteiger partial charge in [-0.1, -0.05) is 35.9 Å². The van der Waals surface area contributed by atoms with Gasteiger partial charge in [0.1, 0.15) is 6.42 Å². The van der Waals surface area contributed by atoms with Crippen molar-refractivity contribution < 1.29 is 14.7 Å². The van der Waals surface area contributed by atoms with E-state index >= 15 is 0 Å². The second kappa shape index (κ2) is 7.61. The van der Waals surface area contributed by atoms with Crippen molar-refractivity contribution in [2.75, 3.05) is 5.32 Å². The average Bonchev–Trinajstić information content (AvgIpc) is 2.47. The summed E-state index contributed by atoms with van der Waals surface area (Å²) < 4.78 is 0. The van der Waals surface area contributed by atoms with Gasteiger partial charge >= 0.3 is 5.97 Å². The minimum absolute atomic E-state index is 0.526. The maximum absolute atomic E-state index is 11.3. The lowest BCUT2D eigenvalue weighted by atomic mass is 10.0. The summed E-state index contributed by atoms with van der Waals surface area (Å²) in [6.07, 6.45) is 1.26. The van der Waals surface area contributed by atoms with Crippen molar-refractivity contribution in [3.8, 4) is 0 Å². The average molecular weight is 318 g/mol. The predicted molar refractivity (Wildman–Crippen MR) is 86.2 cm³/mol. The van der Waals surface area contributed by atoms with Gasteiger partial charge in [0.15, 0.2) is 0 Å². The first-order valence-electron chi connectivity index (χ1n) is 6.88. The number of hydrogen-bond acceptors (Lipinski definition) is 2. The van der Waals surface area contributed by atoms with Crippen LogP contribution in [0.2, 0.25) is 5.02 Å².